The van der Waals surface area contributed by atoms with E-state index in [-0.39, 0.29) is 0 Å². The van der Waals surface area contributed by atoms with E-state index < -0.39 is 0 Å². The third-order valence-electron chi connectivity index (χ3n) is 6.55. The van der Waals surface area contributed by atoms with Gasteiger partial charge in [0.2, 0.25) is 0 Å². The fraction of sp³-hybridized carbons (Fsp3) is 0.226. The van der Waals surface area contributed by atoms with E-state index in [1.54, 1.807) is 0 Å². The van der Waals surface area contributed by atoms with E-state index in [0.29, 0.717) is 0 Å². The Bertz CT molecular complexity index is 1110. The number of anilines is 2. The smallest absolute Gasteiger partial charge is 0.0314 e. The van der Waals surface area contributed by atoms with Gasteiger partial charge in [-0.15, -0.1) is 0 Å². The van der Waals surface area contributed by atoms with E-state index in [0.717, 1.165) is 43.5 Å². The topological polar surface area (TPSA) is 52.0 Å². The summed E-state index contributed by atoms with van der Waals surface area (Å²) in [5.41, 5.74) is 24.2. The fourth-order valence-corrected chi connectivity index (χ4v) is 4.46. The summed E-state index contributed by atoms with van der Waals surface area (Å²) >= 11 is 0. The quantitative estimate of drug-likeness (QED) is 0.306. The molecule has 0 saturated heterocycles. The van der Waals surface area contributed by atoms with Gasteiger partial charge in [0, 0.05) is 11.4 Å². The lowest BCUT2D eigenvalue weighted by Gasteiger charge is -2.12. The average Bonchev–Trinajstić information content (AvgIpc) is 2.80. The lowest BCUT2D eigenvalue weighted by molar-refractivity contribution is 0.943. The molecular formula is C31H34N2. The highest BCUT2D eigenvalue weighted by Crippen LogP contribution is 2.20. The lowest BCUT2D eigenvalue weighted by atomic mass is 9.94. The normalized spacial score (nSPS) is 11.0. The molecule has 168 valence electrons. The summed E-state index contributed by atoms with van der Waals surface area (Å²) in [5, 5.41) is 0. The van der Waals surface area contributed by atoms with Gasteiger partial charge in [-0.05, 0) is 115 Å². The van der Waals surface area contributed by atoms with Crippen LogP contribution in [0, 0.1) is 13.8 Å². The molecule has 4 aromatic carbocycles. The molecule has 0 heterocycles. The molecule has 0 radical (unpaired) electrons. The SMILES string of the molecule is Cc1cc(Cc2ccc(CCc3ccc(N)cc3)c(C)c2)ccc1CCc1ccc(N)cc1. The zero-order chi connectivity index (χ0) is 23.2. The number of aryl methyl sites for hydroxylation is 6. The van der Waals surface area contributed by atoms with Gasteiger partial charge in [0.25, 0.3) is 0 Å². The van der Waals surface area contributed by atoms with E-state index in [1.807, 2.05) is 24.3 Å². The second-order valence-electron chi connectivity index (χ2n) is 9.18. The van der Waals surface area contributed by atoms with Gasteiger partial charge in [-0.3, -0.25) is 0 Å². The van der Waals surface area contributed by atoms with Crippen molar-refractivity contribution in [1.29, 1.82) is 0 Å². The highest BCUT2D eigenvalue weighted by molar-refractivity contribution is 5.42. The van der Waals surface area contributed by atoms with Crippen molar-refractivity contribution < 1.29 is 0 Å². The van der Waals surface area contributed by atoms with Crippen LogP contribution in [0.4, 0.5) is 11.4 Å². The Morgan fingerprint density at radius 1 is 0.455 bits per heavy atom. The van der Waals surface area contributed by atoms with Crippen LogP contribution in [0.2, 0.25) is 0 Å². The fourth-order valence-electron chi connectivity index (χ4n) is 4.46. The third-order valence-corrected chi connectivity index (χ3v) is 6.55. The van der Waals surface area contributed by atoms with Gasteiger partial charge in [-0.25, -0.2) is 0 Å². The first-order valence-corrected chi connectivity index (χ1v) is 11.8. The van der Waals surface area contributed by atoms with E-state index in [9.17, 15) is 0 Å². The van der Waals surface area contributed by atoms with Crippen LogP contribution in [-0.4, -0.2) is 0 Å². The molecule has 33 heavy (non-hydrogen) atoms. The molecule has 0 aliphatic heterocycles. The van der Waals surface area contributed by atoms with Crippen LogP contribution in [0.25, 0.3) is 0 Å². The van der Waals surface area contributed by atoms with Gasteiger partial charge in [-0.1, -0.05) is 60.7 Å². The summed E-state index contributed by atoms with van der Waals surface area (Å²) in [4.78, 5) is 0. The molecule has 0 atom stereocenters. The Morgan fingerprint density at radius 2 is 0.818 bits per heavy atom. The molecule has 4 N–H and O–H groups in total. The molecule has 0 bridgehead atoms. The number of nitrogens with two attached hydrogens (primary N) is 2. The molecule has 2 nitrogen and oxygen atoms in total. The largest absolute Gasteiger partial charge is 0.399 e. The van der Waals surface area contributed by atoms with Crippen LogP contribution in [0.3, 0.4) is 0 Å². The summed E-state index contributed by atoms with van der Waals surface area (Å²) in [7, 11) is 0. The summed E-state index contributed by atoms with van der Waals surface area (Å²) in [5.74, 6) is 0. The molecule has 0 aromatic heterocycles. The van der Waals surface area contributed by atoms with Gasteiger partial charge in [0.15, 0.2) is 0 Å². The van der Waals surface area contributed by atoms with Gasteiger partial charge < -0.3 is 11.5 Å². The van der Waals surface area contributed by atoms with Crippen molar-refractivity contribution in [3.05, 3.63) is 129 Å². The Morgan fingerprint density at radius 3 is 1.18 bits per heavy atom. The monoisotopic (exact) mass is 434 g/mol. The van der Waals surface area contributed by atoms with Crippen molar-refractivity contribution in [1.82, 2.24) is 0 Å². The van der Waals surface area contributed by atoms with Gasteiger partial charge in [-0.2, -0.15) is 0 Å². The third kappa shape index (κ3) is 6.26. The van der Waals surface area contributed by atoms with Crippen LogP contribution >= 0.6 is 0 Å². The van der Waals surface area contributed by atoms with E-state index >= 15 is 0 Å². The van der Waals surface area contributed by atoms with Crippen LogP contribution in [-0.2, 0) is 32.1 Å². The van der Waals surface area contributed by atoms with Crippen LogP contribution in [0.5, 0.6) is 0 Å². The number of rotatable bonds is 8. The first-order chi connectivity index (χ1) is 16.0. The number of benzene rings is 4. The molecule has 0 aliphatic carbocycles. The first kappa shape index (κ1) is 22.7. The number of hydrogen-bond acceptors (Lipinski definition) is 2. The molecule has 0 saturated carbocycles. The summed E-state index contributed by atoms with van der Waals surface area (Å²) < 4.78 is 0. The zero-order valence-electron chi connectivity index (χ0n) is 19.8. The minimum atomic E-state index is 0.823. The van der Waals surface area contributed by atoms with Gasteiger partial charge in [0.1, 0.15) is 0 Å². The highest BCUT2D eigenvalue weighted by Gasteiger charge is 2.06. The van der Waals surface area contributed by atoms with Crippen molar-refractivity contribution in [2.24, 2.45) is 0 Å². The molecule has 0 fully saturated rings. The van der Waals surface area contributed by atoms with Crippen LogP contribution in [0.1, 0.15) is 44.5 Å². The molecule has 4 aromatic rings. The van der Waals surface area contributed by atoms with Crippen molar-refractivity contribution in [3.8, 4) is 0 Å². The predicted molar refractivity (Wildman–Crippen MR) is 142 cm³/mol. The van der Waals surface area contributed by atoms with Gasteiger partial charge >= 0.3 is 0 Å². The summed E-state index contributed by atoms with van der Waals surface area (Å²) in [6.45, 7) is 4.46. The average molecular weight is 435 g/mol. The lowest BCUT2D eigenvalue weighted by Crippen LogP contribution is -1.98. The Hall–Kier alpha value is -3.52. The molecule has 2 heteroatoms. The van der Waals surface area contributed by atoms with Crippen LogP contribution in [0.15, 0.2) is 84.9 Å². The second kappa shape index (κ2) is 10.4. The van der Waals surface area contributed by atoms with Crippen molar-refractivity contribution >= 4 is 11.4 Å². The zero-order valence-corrected chi connectivity index (χ0v) is 19.8. The predicted octanol–water partition coefficient (Wildman–Crippen LogP) is 6.63. The maximum absolute atomic E-state index is 5.80. The van der Waals surface area contributed by atoms with Crippen LogP contribution < -0.4 is 11.5 Å². The minimum Gasteiger partial charge on any atom is -0.399 e. The minimum absolute atomic E-state index is 0.823. The first-order valence-electron chi connectivity index (χ1n) is 11.8. The molecule has 0 spiro atoms. The number of hydrogen-bond donors (Lipinski definition) is 2. The van der Waals surface area contributed by atoms with Crippen molar-refractivity contribution in [2.75, 3.05) is 11.5 Å². The van der Waals surface area contributed by atoms with Gasteiger partial charge in [0.05, 0.1) is 0 Å². The molecule has 0 amide bonds. The maximum Gasteiger partial charge on any atom is 0.0314 e. The highest BCUT2D eigenvalue weighted by atomic mass is 14.5. The van der Waals surface area contributed by atoms with Crippen molar-refractivity contribution in [3.63, 3.8) is 0 Å². The van der Waals surface area contributed by atoms with E-state index in [2.05, 4.69) is 74.5 Å². The Kier molecular flexibility index (Phi) is 7.14. The van der Waals surface area contributed by atoms with E-state index in [1.165, 1.54) is 44.5 Å². The molecule has 4 rings (SSSR count). The standard InChI is InChI=1S/C31H34N2/c1-22-19-26(5-13-28(22)11-3-24-7-15-30(32)16-8-24)21-27-6-14-29(23(2)20-27)12-4-25-9-17-31(33)18-10-25/h5-10,13-20H,3-4,11-12,21,32-33H2,1-2H3. The molecule has 0 aliphatic rings. The second-order valence-corrected chi connectivity index (χ2v) is 9.18. The summed E-state index contributed by atoms with van der Waals surface area (Å²) in [6, 6.07) is 30.3. The molecule has 0 unspecified atom stereocenters. The van der Waals surface area contributed by atoms with Crippen molar-refractivity contribution in [2.45, 2.75) is 46.0 Å². The summed E-state index contributed by atoms with van der Waals surface area (Å²) in [6.07, 6.45) is 5.16. The Labute approximate surface area is 198 Å². The number of nitrogen functional groups attached to an aromatic ring is 2. The van der Waals surface area contributed by atoms with E-state index in [4.69, 9.17) is 11.5 Å². The maximum atomic E-state index is 5.80. The molecular weight excluding hydrogens is 400 g/mol. The Balaban J connectivity index is 1.36.